The van der Waals surface area contributed by atoms with E-state index < -0.39 is 6.10 Å². The Bertz CT molecular complexity index is 1520. The smallest absolute Gasteiger partial charge is 0.306 e. The molecule has 0 radical (unpaired) electrons. The molecule has 0 bridgehead atoms. The average Bonchev–Trinajstić information content (AvgIpc) is 3.41. The zero-order valence-electron chi connectivity index (χ0n) is 49.0. The second kappa shape index (κ2) is 62.6. The summed E-state index contributed by atoms with van der Waals surface area (Å²) >= 11 is 0. The zero-order chi connectivity index (χ0) is 54.3. The lowest BCUT2D eigenvalue weighted by Crippen LogP contribution is -2.30. The normalized spacial score (nSPS) is 12.8. The van der Waals surface area contributed by atoms with Crippen LogP contribution >= 0.6 is 0 Å². The number of hydrogen-bond acceptors (Lipinski definition) is 6. The van der Waals surface area contributed by atoms with Crippen molar-refractivity contribution in [3.8, 4) is 0 Å². The highest BCUT2D eigenvalue weighted by molar-refractivity contribution is 5.71. The van der Waals surface area contributed by atoms with Crippen molar-refractivity contribution in [1.29, 1.82) is 0 Å². The highest BCUT2D eigenvalue weighted by atomic mass is 16.6. The van der Waals surface area contributed by atoms with Crippen LogP contribution in [0.5, 0.6) is 0 Å². The first-order chi connectivity index (χ1) is 37.0. The molecule has 0 rings (SSSR count). The van der Waals surface area contributed by atoms with E-state index >= 15 is 0 Å². The van der Waals surface area contributed by atoms with Crippen molar-refractivity contribution in [2.75, 3.05) is 13.2 Å². The van der Waals surface area contributed by atoms with Crippen LogP contribution in [0.25, 0.3) is 0 Å². The van der Waals surface area contributed by atoms with Crippen molar-refractivity contribution < 1.29 is 28.6 Å². The lowest BCUT2D eigenvalue weighted by molar-refractivity contribution is -0.167. The van der Waals surface area contributed by atoms with E-state index in [9.17, 15) is 14.4 Å². The maximum absolute atomic E-state index is 12.9. The third-order valence-electron chi connectivity index (χ3n) is 13.2. The summed E-state index contributed by atoms with van der Waals surface area (Å²) in [4.78, 5) is 38.3. The van der Waals surface area contributed by atoms with Gasteiger partial charge in [-0.3, -0.25) is 14.4 Å². The molecule has 0 aromatic rings. The monoisotopic (exact) mass is 1040 g/mol. The second-order valence-electron chi connectivity index (χ2n) is 20.5. The molecule has 0 aliphatic carbocycles. The fourth-order valence-electron chi connectivity index (χ4n) is 8.60. The zero-order valence-corrected chi connectivity index (χ0v) is 49.0. The van der Waals surface area contributed by atoms with E-state index in [1.807, 2.05) is 0 Å². The third kappa shape index (κ3) is 60.8. The highest BCUT2D eigenvalue weighted by Crippen LogP contribution is 2.16. The molecule has 1 unspecified atom stereocenters. The third-order valence-corrected chi connectivity index (χ3v) is 13.2. The van der Waals surface area contributed by atoms with Crippen LogP contribution in [0.3, 0.4) is 0 Å². The van der Waals surface area contributed by atoms with Crippen LogP contribution in [0.1, 0.15) is 290 Å². The molecule has 6 heteroatoms. The Balaban J connectivity index is 4.37. The predicted octanol–water partition coefficient (Wildman–Crippen LogP) is 21.4. The number of rotatable bonds is 56. The van der Waals surface area contributed by atoms with Crippen LogP contribution < -0.4 is 0 Å². The quantitative estimate of drug-likeness (QED) is 0.0261. The van der Waals surface area contributed by atoms with Crippen molar-refractivity contribution in [1.82, 2.24) is 0 Å². The van der Waals surface area contributed by atoms with Gasteiger partial charge in [0, 0.05) is 19.3 Å². The fourth-order valence-corrected chi connectivity index (χ4v) is 8.60. The van der Waals surface area contributed by atoms with Crippen LogP contribution in [-0.2, 0) is 28.6 Å². The van der Waals surface area contributed by atoms with E-state index in [1.54, 1.807) is 0 Å². The summed E-state index contributed by atoms with van der Waals surface area (Å²) in [5, 5.41) is 0. The summed E-state index contributed by atoms with van der Waals surface area (Å²) < 4.78 is 16.9. The summed E-state index contributed by atoms with van der Waals surface area (Å²) in [6, 6.07) is 0. The maximum atomic E-state index is 12.9. The molecular formula is C69H116O6. The van der Waals surface area contributed by atoms with Gasteiger partial charge in [-0.1, -0.05) is 259 Å². The van der Waals surface area contributed by atoms with Crippen molar-refractivity contribution in [2.24, 2.45) is 0 Å². The second-order valence-corrected chi connectivity index (χ2v) is 20.5. The molecule has 0 amide bonds. The summed E-state index contributed by atoms with van der Waals surface area (Å²) in [7, 11) is 0. The first kappa shape index (κ1) is 71.1. The Kier molecular flexibility index (Phi) is 59.3. The van der Waals surface area contributed by atoms with Crippen LogP contribution in [-0.4, -0.2) is 37.2 Å². The van der Waals surface area contributed by atoms with Gasteiger partial charge < -0.3 is 14.2 Å². The van der Waals surface area contributed by atoms with Gasteiger partial charge in [0.2, 0.25) is 0 Å². The SMILES string of the molecule is CC/C=C\C/C=C\C/C=C\C/C=C\CCCCCCCCCCCCCCC(=O)OCC(COC(=O)CCCCCCC/C=C\CCCCCCCC)OC(=O)CCCCCC/C=C\C/C=C\C/C=C\C/C=C\CC. The highest BCUT2D eigenvalue weighted by Gasteiger charge is 2.19. The van der Waals surface area contributed by atoms with Gasteiger partial charge in [-0.15, -0.1) is 0 Å². The van der Waals surface area contributed by atoms with E-state index in [0.29, 0.717) is 19.3 Å². The standard InChI is InChI=1S/C69H116O6/c1-4-7-10-13-16-19-22-25-28-30-31-32-33-34-35-36-37-39-41-44-47-50-53-56-59-62-68(71)74-65-66(64-73-67(70)61-58-55-52-49-46-43-40-27-24-21-18-15-12-9-6-3)75-69(72)63-60-57-54-51-48-45-42-38-29-26-23-20-17-14-11-8-5-2/h7-8,10-11,16-17,19-20,25-29,31-32,40,42,45,66H,4-6,9,12-15,18,21-24,30,33-39,41,43-44,46-65H2,1-3H3/b10-7-,11-8-,19-16-,20-17-,28-25-,29-26-,32-31-,40-27-,45-42-. The Morgan fingerprint density at radius 2 is 0.520 bits per heavy atom. The van der Waals surface area contributed by atoms with Gasteiger partial charge in [0.25, 0.3) is 0 Å². The van der Waals surface area contributed by atoms with Crippen molar-refractivity contribution in [3.63, 3.8) is 0 Å². The largest absolute Gasteiger partial charge is 0.462 e. The number of esters is 3. The average molecular weight is 1040 g/mol. The summed E-state index contributed by atoms with van der Waals surface area (Å²) in [5.74, 6) is -0.920. The van der Waals surface area contributed by atoms with Crippen molar-refractivity contribution >= 4 is 17.9 Å². The lowest BCUT2D eigenvalue weighted by atomic mass is 10.0. The van der Waals surface area contributed by atoms with Crippen molar-refractivity contribution in [2.45, 2.75) is 297 Å². The van der Waals surface area contributed by atoms with E-state index in [1.165, 1.54) is 122 Å². The molecule has 0 spiro atoms. The van der Waals surface area contributed by atoms with E-state index in [-0.39, 0.29) is 31.1 Å². The molecule has 6 nitrogen and oxygen atoms in total. The lowest BCUT2D eigenvalue weighted by Gasteiger charge is -2.18. The van der Waals surface area contributed by atoms with Gasteiger partial charge in [-0.2, -0.15) is 0 Å². The summed E-state index contributed by atoms with van der Waals surface area (Å²) in [6.07, 6.45) is 85.2. The minimum absolute atomic E-state index is 0.0919. The minimum Gasteiger partial charge on any atom is -0.462 e. The first-order valence-electron chi connectivity index (χ1n) is 31.4. The van der Waals surface area contributed by atoms with Gasteiger partial charge in [0.15, 0.2) is 6.10 Å². The van der Waals surface area contributed by atoms with Crippen LogP contribution in [0, 0.1) is 0 Å². The Hall–Kier alpha value is -3.93. The Labute approximate surface area is 463 Å². The van der Waals surface area contributed by atoms with Crippen LogP contribution in [0.2, 0.25) is 0 Å². The molecule has 0 aliphatic heterocycles. The molecule has 0 N–H and O–H groups in total. The van der Waals surface area contributed by atoms with Crippen LogP contribution in [0.4, 0.5) is 0 Å². The Morgan fingerprint density at radius 3 is 0.827 bits per heavy atom. The van der Waals surface area contributed by atoms with Gasteiger partial charge >= 0.3 is 17.9 Å². The predicted molar refractivity (Wildman–Crippen MR) is 325 cm³/mol. The van der Waals surface area contributed by atoms with E-state index in [4.69, 9.17) is 14.2 Å². The maximum Gasteiger partial charge on any atom is 0.306 e. The number of allylic oxidation sites excluding steroid dienone is 18. The molecule has 0 heterocycles. The first-order valence-corrected chi connectivity index (χ1v) is 31.4. The Morgan fingerprint density at radius 1 is 0.280 bits per heavy atom. The van der Waals surface area contributed by atoms with E-state index in [2.05, 4.69) is 130 Å². The van der Waals surface area contributed by atoms with Gasteiger partial charge in [-0.05, 0) is 122 Å². The molecule has 1 atom stereocenters. The van der Waals surface area contributed by atoms with Gasteiger partial charge in [0.05, 0.1) is 0 Å². The van der Waals surface area contributed by atoms with Gasteiger partial charge in [0.1, 0.15) is 13.2 Å². The summed E-state index contributed by atoms with van der Waals surface area (Å²) in [6.45, 7) is 6.40. The minimum atomic E-state index is -0.797. The number of carbonyl (C=O) groups excluding carboxylic acids is 3. The summed E-state index contributed by atoms with van der Waals surface area (Å²) in [5.41, 5.74) is 0. The fraction of sp³-hybridized carbons (Fsp3) is 0.696. The molecular weight excluding hydrogens is 925 g/mol. The molecule has 0 saturated carbocycles. The molecule has 75 heavy (non-hydrogen) atoms. The molecule has 0 aliphatic rings. The molecule has 0 aromatic heterocycles. The molecule has 0 saturated heterocycles. The number of carbonyl (C=O) groups is 3. The van der Waals surface area contributed by atoms with E-state index in [0.717, 1.165) is 128 Å². The van der Waals surface area contributed by atoms with Gasteiger partial charge in [-0.25, -0.2) is 0 Å². The number of unbranched alkanes of at least 4 members (excludes halogenated alkanes) is 27. The number of hydrogen-bond donors (Lipinski definition) is 0. The van der Waals surface area contributed by atoms with Crippen LogP contribution in [0.15, 0.2) is 109 Å². The topological polar surface area (TPSA) is 78.9 Å². The van der Waals surface area contributed by atoms with Crippen molar-refractivity contribution in [3.05, 3.63) is 109 Å². The molecule has 0 fully saturated rings. The molecule has 0 aromatic carbocycles. The molecule has 428 valence electrons. The number of ether oxygens (including phenoxy) is 3.